The van der Waals surface area contributed by atoms with Gasteiger partial charge in [-0.15, -0.1) is 0 Å². The maximum Gasteiger partial charge on any atom is 0.276 e. The van der Waals surface area contributed by atoms with E-state index in [0.717, 1.165) is 12.3 Å². The van der Waals surface area contributed by atoms with E-state index in [1.54, 1.807) is 12.1 Å². The molecular formula is C14H12BrN3O5S. The van der Waals surface area contributed by atoms with Crippen LogP contribution in [-0.4, -0.2) is 24.7 Å². The number of benzene rings is 2. The van der Waals surface area contributed by atoms with Gasteiger partial charge in [-0.25, -0.2) is 4.83 Å². The quantitative estimate of drug-likeness (QED) is 0.443. The number of hydrogen-bond donors (Lipinski definition) is 2. The molecule has 0 heterocycles. The van der Waals surface area contributed by atoms with Gasteiger partial charge in [-0.2, -0.15) is 13.5 Å². The second-order valence-corrected chi connectivity index (χ2v) is 7.34. The van der Waals surface area contributed by atoms with Crippen molar-refractivity contribution in [2.45, 2.75) is 11.8 Å². The van der Waals surface area contributed by atoms with Crippen molar-refractivity contribution in [2.75, 3.05) is 0 Å². The number of aromatic hydroxyl groups is 1. The molecule has 0 aromatic heterocycles. The summed E-state index contributed by atoms with van der Waals surface area (Å²) in [7, 11) is -4.07. The van der Waals surface area contributed by atoms with Crippen molar-refractivity contribution in [3.8, 4) is 5.75 Å². The lowest BCUT2D eigenvalue weighted by Crippen LogP contribution is -2.18. The zero-order valence-electron chi connectivity index (χ0n) is 12.3. The van der Waals surface area contributed by atoms with Gasteiger partial charge < -0.3 is 5.11 Å². The molecule has 0 saturated heterocycles. The summed E-state index contributed by atoms with van der Waals surface area (Å²) in [6, 6.07) is 8.13. The average molecular weight is 414 g/mol. The van der Waals surface area contributed by atoms with Gasteiger partial charge in [0, 0.05) is 21.7 Å². The molecule has 10 heteroatoms. The number of phenolic OH excluding ortho intramolecular Hbond substituents is 1. The Hall–Kier alpha value is -2.46. The minimum Gasteiger partial charge on any atom is -0.507 e. The Morgan fingerprint density at radius 2 is 2.00 bits per heavy atom. The van der Waals surface area contributed by atoms with Gasteiger partial charge in [0.2, 0.25) is 0 Å². The number of halogens is 1. The fraction of sp³-hybridized carbons (Fsp3) is 0.0714. The van der Waals surface area contributed by atoms with Crippen LogP contribution in [0.2, 0.25) is 0 Å². The molecule has 0 amide bonds. The standard InChI is InChI=1S/C14H12BrN3O5S/c1-9-2-4-12(7-13(9)18(20)21)24(22,23)17-16-8-10-6-11(15)3-5-14(10)19/h2-8,17,19H,1H3. The van der Waals surface area contributed by atoms with Crippen LogP contribution in [0, 0.1) is 17.0 Å². The second-order valence-electron chi connectivity index (χ2n) is 4.76. The molecule has 126 valence electrons. The highest BCUT2D eigenvalue weighted by atomic mass is 79.9. The molecule has 0 spiro atoms. The number of hydrogen-bond acceptors (Lipinski definition) is 6. The van der Waals surface area contributed by atoms with Crippen molar-refractivity contribution in [2.24, 2.45) is 5.10 Å². The molecule has 2 aromatic carbocycles. The molecule has 0 unspecified atom stereocenters. The molecule has 0 fully saturated rings. The summed E-state index contributed by atoms with van der Waals surface area (Å²) in [5.41, 5.74) is 0.343. The minimum absolute atomic E-state index is 0.0767. The van der Waals surface area contributed by atoms with E-state index in [0.29, 0.717) is 15.6 Å². The first-order valence-electron chi connectivity index (χ1n) is 6.49. The first-order chi connectivity index (χ1) is 11.2. The lowest BCUT2D eigenvalue weighted by molar-refractivity contribution is -0.385. The predicted octanol–water partition coefficient (Wildman–Crippen LogP) is 2.68. The summed E-state index contributed by atoms with van der Waals surface area (Å²) in [6.07, 6.45) is 1.13. The maximum absolute atomic E-state index is 12.1. The number of nitro groups is 1. The van der Waals surface area contributed by atoms with E-state index < -0.39 is 14.9 Å². The number of nitro benzene ring substituents is 1. The van der Waals surface area contributed by atoms with E-state index in [1.165, 1.54) is 25.1 Å². The normalized spacial score (nSPS) is 11.6. The fourth-order valence-electron chi connectivity index (χ4n) is 1.80. The molecule has 0 aliphatic rings. The molecule has 0 atom stereocenters. The van der Waals surface area contributed by atoms with Crippen LogP contribution >= 0.6 is 15.9 Å². The largest absolute Gasteiger partial charge is 0.507 e. The number of aryl methyl sites for hydroxylation is 1. The van der Waals surface area contributed by atoms with E-state index in [9.17, 15) is 23.6 Å². The number of nitrogens with zero attached hydrogens (tertiary/aromatic N) is 2. The molecule has 0 bridgehead atoms. The van der Waals surface area contributed by atoms with Crippen LogP contribution in [0.3, 0.4) is 0 Å². The first-order valence-corrected chi connectivity index (χ1v) is 8.77. The van der Waals surface area contributed by atoms with Crippen LogP contribution in [0.25, 0.3) is 0 Å². The smallest absolute Gasteiger partial charge is 0.276 e. The molecule has 2 N–H and O–H groups in total. The molecule has 24 heavy (non-hydrogen) atoms. The zero-order valence-corrected chi connectivity index (χ0v) is 14.7. The fourth-order valence-corrected chi connectivity index (χ4v) is 2.99. The molecule has 0 saturated carbocycles. The van der Waals surface area contributed by atoms with Gasteiger partial charge in [-0.05, 0) is 31.2 Å². The van der Waals surface area contributed by atoms with Crippen molar-refractivity contribution in [3.63, 3.8) is 0 Å². The van der Waals surface area contributed by atoms with Gasteiger partial charge in [-0.1, -0.05) is 22.0 Å². The van der Waals surface area contributed by atoms with Crippen LogP contribution in [-0.2, 0) is 10.0 Å². The summed E-state index contributed by atoms with van der Waals surface area (Å²) in [5, 5.41) is 24.1. The second kappa shape index (κ2) is 6.97. The number of rotatable bonds is 5. The molecular weight excluding hydrogens is 402 g/mol. The summed E-state index contributed by atoms with van der Waals surface area (Å²) >= 11 is 3.22. The Bertz CT molecular complexity index is 928. The minimum atomic E-state index is -4.07. The Balaban J connectivity index is 2.26. The van der Waals surface area contributed by atoms with E-state index >= 15 is 0 Å². The Morgan fingerprint density at radius 3 is 2.67 bits per heavy atom. The van der Waals surface area contributed by atoms with Gasteiger partial charge in [0.15, 0.2) is 0 Å². The molecule has 0 aliphatic heterocycles. The van der Waals surface area contributed by atoms with Gasteiger partial charge in [0.05, 0.1) is 16.0 Å². The van der Waals surface area contributed by atoms with E-state index in [2.05, 4.69) is 21.0 Å². The molecule has 0 aliphatic carbocycles. The van der Waals surface area contributed by atoms with E-state index in [1.807, 2.05) is 4.83 Å². The van der Waals surface area contributed by atoms with Crippen molar-refractivity contribution >= 4 is 37.9 Å². The summed E-state index contributed by atoms with van der Waals surface area (Å²) in [6.45, 7) is 1.51. The van der Waals surface area contributed by atoms with E-state index in [4.69, 9.17) is 0 Å². The van der Waals surface area contributed by atoms with Crippen molar-refractivity contribution < 1.29 is 18.4 Å². The topological polar surface area (TPSA) is 122 Å². The highest BCUT2D eigenvalue weighted by Gasteiger charge is 2.19. The molecule has 2 rings (SSSR count). The number of hydrazone groups is 1. The zero-order chi connectivity index (χ0) is 17.9. The first kappa shape index (κ1) is 17.9. The van der Waals surface area contributed by atoms with Crippen LogP contribution in [0.4, 0.5) is 5.69 Å². The third-order valence-electron chi connectivity index (χ3n) is 3.05. The maximum atomic E-state index is 12.1. The molecule has 0 radical (unpaired) electrons. The average Bonchev–Trinajstić information content (AvgIpc) is 2.50. The van der Waals surface area contributed by atoms with Crippen molar-refractivity contribution in [3.05, 3.63) is 62.1 Å². The van der Waals surface area contributed by atoms with Crippen molar-refractivity contribution in [1.29, 1.82) is 0 Å². The molecule has 2 aromatic rings. The van der Waals surface area contributed by atoms with Gasteiger partial charge in [-0.3, -0.25) is 10.1 Å². The predicted molar refractivity (Wildman–Crippen MR) is 91.6 cm³/mol. The SMILES string of the molecule is Cc1ccc(S(=O)(=O)NN=Cc2cc(Br)ccc2O)cc1[N+](=O)[O-]. The summed E-state index contributed by atoms with van der Waals surface area (Å²) in [5.74, 6) is -0.0767. The lowest BCUT2D eigenvalue weighted by Gasteiger charge is -2.05. The van der Waals surface area contributed by atoms with Gasteiger partial charge in [0.1, 0.15) is 5.75 Å². The summed E-state index contributed by atoms with van der Waals surface area (Å²) < 4.78 is 25.0. The highest BCUT2D eigenvalue weighted by molar-refractivity contribution is 9.10. The third kappa shape index (κ3) is 4.09. The Morgan fingerprint density at radius 1 is 1.29 bits per heavy atom. The van der Waals surface area contributed by atoms with Gasteiger partial charge >= 0.3 is 0 Å². The molecule has 8 nitrogen and oxygen atoms in total. The highest BCUT2D eigenvalue weighted by Crippen LogP contribution is 2.22. The van der Waals surface area contributed by atoms with Crippen LogP contribution in [0.5, 0.6) is 5.75 Å². The number of phenols is 1. The summed E-state index contributed by atoms with van der Waals surface area (Å²) in [4.78, 5) is 11.9. The lowest BCUT2D eigenvalue weighted by atomic mass is 10.2. The number of nitrogens with one attached hydrogen (secondary N) is 1. The van der Waals surface area contributed by atoms with E-state index in [-0.39, 0.29) is 16.3 Å². The van der Waals surface area contributed by atoms with Crippen LogP contribution in [0.1, 0.15) is 11.1 Å². The van der Waals surface area contributed by atoms with Crippen LogP contribution < -0.4 is 4.83 Å². The Kier molecular flexibility index (Phi) is 5.20. The number of sulfonamides is 1. The van der Waals surface area contributed by atoms with Gasteiger partial charge in [0.25, 0.3) is 15.7 Å². The van der Waals surface area contributed by atoms with Crippen molar-refractivity contribution in [1.82, 2.24) is 4.83 Å². The monoisotopic (exact) mass is 413 g/mol. The third-order valence-corrected chi connectivity index (χ3v) is 4.77. The Labute approximate surface area is 146 Å². The van der Waals surface area contributed by atoms with Crippen LogP contribution in [0.15, 0.2) is 50.9 Å².